The molecule has 1 aliphatic rings. The first-order valence-corrected chi connectivity index (χ1v) is 7.43. The number of aliphatic hydroxyl groups is 1. The van der Waals surface area contributed by atoms with Gasteiger partial charge in [0.15, 0.2) is 0 Å². The zero-order valence-corrected chi connectivity index (χ0v) is 12.8. The highest BCUT2D eigenvalue weighted by Crippen LogP contribution is 2.35. The molecule has 0 bridgehead atoms. The standard InChI is InChI=1S/C15H17ClF3NO2/c1-9(21)7-11-3-2-6-20(11)14(22)10-4-5-13(16)12(8-10)15(17,18)19/h4-5,8-9,11,21H,2-3,6-7H2,1H3/t9-,11-/m0/s1. The van der Waals surface area contributed by atoms with Crippen LogP contribution in [0, 0.1) is 0 Å². The van der Waals surface area contributed by atoms with E-state index in [-0.39, 0.29) is 11.6 Å². The molecule has 1 amide bonds. The minimum absolute atomic E-state index is 0.0331. The van der Waals surface area contributed by atoms with Crippen LogP contribution in [0.5, 0.6) is 0 Å². The summed E-state index contributed by atoms with van der Waals surface area (Å²) in [5.41, 5.74) is -1.04. The molecular weight excluding hydrogens is 319 g/mol. The van der Waals surface area contributed by atoms with Crippen LogP contribution in [0.2, 0.25) is 5.02 Å². The van der Waals surface area contributed by atoms with E-state index in [1.54, 1.807) is 6.92 Å². The topological polar surface area (TPSA) is 40.5 Å². The maximum absolute atomic E-state index is 12.9. The highest BCUT2D eigenvalue weighted by Gasteiger charge is 2.35. The summed E-state index contributed by atoms with van der Waals surface area (Å²) in [6.07, 6.45) is -3.21. The summed E-state index contributed by atoms with van der Waals surface area (Å²) in [6.45, 7) is 2.12. The van der Waals surface area contributed by atoms with Gasteiger partial charge in [-0.15, -0.1) is 0 Å². The number of nitrogens with zero attached hydrogens (tertiary/aromatic N) is 1. The van der Waals surface area contributed by atoms with E-state index in [1.807, 2.05) is 0 Å². The highest BCUT2D eigenvalue weighted by molar-refractivity contribution is 6.31. The van der Waals surface area contributed by atoms with Crippen molar-refractivity contribution < 1.29 is 23.1 Å². The van der Waals surface area contributed by atoms with Crippen molar-refractivity contribution >= 4 is 17.5 Å². The normalized spacial score (nSPS) is 20.3. The maximum atomic E-state index is 12.9. The molecule has 0 saturated carbocycles. The first kappa shape index (κ1) is 17.1. The average Bonchev–Trinajstić information content (AvgIpc) is 2.84. The lowest BCUT2D eigenvalue weighted by atomic mass is 10.1. The lowest BCUT2D eigenvalue weighted by molar-refractivity contribution is -0.137. The zero-order valence-electron chi connectivity index (χ0n) is 12.0. The Kier molecular flexibility index (Phi) is 5.02. The van der Waals surface area contributed by atoms with Gasteiger partial charge in [-0.25, -0.2) is 0 Å². The fourth-order valence-electron chi connectivity index (χ4n) is 2.78. The van der Waals surface area contributed by atoms with Crippen LogP contribution in [-0.2, 0) is 6.18 Å². The molecule has 1 aromatic rings. The van der Waals surface area contributed by atoms with E-state index in [1.165, 1.54) is 11.0 Å². The van der Waals surface area contributed by atoms with Crippen LogP contribution in [0.25, 0.3) is 0 Å². The van der Waals surface area contributed by atoms with Gasteiger partial charge in [-0.2, -0.15) is 13.2 Å². The molecule has 0 aromatic heterocycles. The minimum atomic E-state index is -4.60. The SMILES string of the molecule is C[C@H](O)C[C@@H]1CCCN1C(=O)c1ccc(Cl)c(C(F)(F)F)c1. The number of hydrogen-bond acceptors (Lipinski definition) is 2. The number of hydrogen-bond donors (Lipinski definition) is 1. The molecule has 1 heterocycles. The van der Waals surface area contributed by atoms with Crippen molar-refractivity contribution in [3.05, 3.63) is 34.3 Å². The Labute approximate surface area is 131 Å². The van der Waals surface area contributed by atoms with Crippen molar-refractivity contribution in [2.75, 3.05) is 6.54 Å². The molecule has 0 unspecified atom stereocenters. The van der Waals surface area contributed by atoms with E-state index in [2.05, 4.69) is 0 Å². The second kappa shape index (κ2) is 6.46. The number of carbonyl (C=O) groups excluding carboxylic acids is 1. The molecule has 0 spiro atoms. The lowest BCUT2D eigenvalue weighted by Crippen LogP contribution is -2.37. The molecule has 22 heavy (non-hydrogen) atoms. The number of likely N-dealkylation sites (tertiary alicyclic amines) is 1. The molecule has 1 fully saturated rings. The van der Waals surface area contributed by atoms with E-state index < -0.39 is 28.8 Å². The molecule has 0 aliphatic carbocycles. The smallest absolute Gasteiger partial charge is 0.393 e. The quantitative estimate of drug-likeness (QED) is 0.914. The molecule has 3 nitrogen and oxygen atoms in total. The average molecular weight is 336 g/mol. The van der Waals surface area contributed by atoms with E-state index >= 15 is 0 Å². The summed E-state index contributed by atoms with van der Waals surface area (Å²) in [7, 11) is 0. The van der Waals surface area contributed by atoms with Gasteiger partial charge in [-0.3, -0.25) is 4.79 Å². The Morgan fingerprint density at radius 2 is 2.18 bits per heavy atom. The van der Waals surface area contributed by atoms with Crippen LogP contribution >= 0.6 is 11.6 Å². The molecule has 0 radical (unpaired) electrons. The summed E-state index contributed by atoms with van der Waals surface area (Å²) >= 11 is 5.56. The Hall–Kier alpha value is -1.27. The molecule has 2 rings (SSSR count). The highest BCUT2D eigenvalue weighted by atomic mass is 35.5. The number of halogens is 4. The maximum Gasteiger partial charge on any atom is 0.417 e. The van der Waals surface area contributed by atoms with Gasteiger partial charge in [0, 0.05) is 18.2 Å². The fourth-order valence-corrected chi connectivity index (χ4v) is 3.01. The molecule has 1 saturated heterocycles. The largest absolute Gasteiger partial charge is 0.417 e. The van der Waals surface area contributed by atoms with Crippen molar-refractivity contribution in [2.45, 2.75) is 44.5 Å². The van der Waals surface area contributed by atoms with E-state index in [0.29, 0.717) is 13.0 Å². The third-order valence-corrected chi connectivity index (χ3v) is 4.10. The third kappa shape index (κ3) is 3.73. The van der Waals surface area contributed by atoms with Crippen molar-refractivity contribution in [3.63, 3.8) is 0 Å². The van der Waals surface area contributed by atoms with Gasteiger partial charge < -0.3 is 10.0 Å². The minimum Gasteiger partial charge on any atom is -0.393 e. The summed E-state index contributed by atoms with van der Waals surface area (Å²) in [6, 6.07) is 3.05. The van der Waals surface area contributed by atoms with Crippen molar-refractivity contribution in [1.82, 2.24) is 4.90 Å². The van der Waals surface area contributed by atoms with Gasteiger partial charge in [-0.05, 0) is 44.4 Å². The van der Waals surface area contributed by atoms with Crippen LogP contribution in [-0.4, -0.2) is 34.6 Å². The predicted octanol–water partition coefficient (Wildman–Crippen LogP) is 3.73. The van der Waals surface area contributed by atoms with E-state index in [0.717, 1.165) is 25.0 Å². The lowest BCUT2D eigenvalue weighted by Gasteiger charge is -2.26. The second-order valence-electron chi connectivity index (χ2n) is 5.57. The Balaban J connectivity index is 2.26. The van der Waals surface area contributed by atoms with Crippen molar-refractivity contribution in [3.8, 4) is 0 Å². The summed E-state index contributed by atoms with van der Waals surface area (Å²) in [5, 5.41) is 9.04. The summed E-state index contributed by atoms with van der Waals surface area (Å²) < 4.78 is 38.6. The van der Waals surface area contributed by atoms with E-state index in [9.17, 15) is 23.1 Å². The number of alkyl halides is 3. The van der Waals surface area contributed by atoms with Gasteiger partial charge in [0.25, 0.3) is 5.91 Å². The monoisotopic (exact) mass is 335 g/mol. The van der Waals surface area contributed by atoms with Gasteiger partial charge in [0.05, 0.1) is 16.7 Å². The van der Waals surface area contributed by atoms with Gasteiger partial charge >= 0.3 is 6.18 Å². The summed E-state index contributed by atoms with van der Waals surface area (Å²) in [4.78, 5) is 14.0. The number of carbonyl (C=O) groups is 1. The molecule has 122 valence electrons. The van der Waals surface area contributed by atoms with Crippen molar-refractivity contribution in [2.24, 2.45) is 0 Å². The Morgan fingerprint density at radius 1 is 1.50 bits per heavy atom. The predicted molar refractivity (Wildman–Crippen MR) is 76.8 cm³/mol. The van der Waals surface area contributed by atoms with Crippen LogP contribution in [0.3, 0.4) is 0 Å². The molecular formula is C15H17ClF3NO2. The fraction of sp³-hybridized carbons (Fsp3) is 0.533. The number of amides is 1. The molecule has 2 atom stereocenters. The van der Waals surface area contributed by atoms with Gasteiger partial charge in [-0.1, -0.05) is 11.6 Å². The first-order valence-electron chi connectivity index (χ1n) is 7.06. The number of rotatable bonds is 3. The van der Waals surface area contributed by atoms with Gasteiger partial charge in [0.1, 0.15) is 0 Å². The van der Waals surface area contributed by atoms with Crippen LogP contribution in [0.15, 0.2) is 18.2 Å². The van der Waals surface area contributed by atoms with Crippen molar-refractivity contribution in [1.29, 1.82) is 0 Å². The Morgan fingerprint density at radius 3 is 2.77 bits per heavy atom. The van der Waals surface area contributed by atoms with Crippen LogP contribution < -0.4 is 0 Å². The van der Waals surface area contributed by atoms with Gasteiger partial charge in [0.2, 0.25) is 0 Å². The molecule has 7 heteroatoms. The molecule has 1 aromatic carbocycles. The number of aliphatic hydroxyl groups excluding tert-OH is 1. The third-order valence-electron chi connectivity index (χ3n) is 3.77. The molecule has 1 aliphatic heterocycles. The first-order chi connectivity index (χ1) is 10.2. The number of benzene rings is 1. The van der Waals surface area contributed by atoms with E-state index in [4.69, 9.17) is 11.6 Å². The van der Waals surface area contributed by atoms with Crippen LogP contribution in [0.1, 0.15) is 42.1 Å². The Bertz CT molecular complexity index is 560. The van der Waals surface area contributed by atoms with Crippen LogP contribution in [0.4, 0.5) is 13.2 Å². The molecule has 1 N–H and O–H groups in total. The second-order valence-corrected chi connectivity index (χ2v) is 5.98. The zero-order chi connectivity index (χ0) is 16.5. The summed E-state index contributed by atoms with van der Waals surface area (Å²) in [5.74, 6) is -0.453.